The smallest absolute Gasteiger partial charge is 0.252 e. The third-order valence-corrected chi connectivity index (χ3v) is 4.03. The van der Waals surface area contributed by atoms with Gasteiger partial charge in [0.25, 0.3) is 5.92 Å². The van der Waals surface area contributed by atoms with E-state index < -0.39 is 5.92 Å². The fourth-order valence-electron chi connectivity index (χ4n) is 2.87. The first-order valence-corrected chi connectivity index (χ1v) is 7.45. The van der Waals surface area contributed by atoms with Gasteiger partial charge in [-0.2, -0.15) is 0 Å². The number of unbranched alkanes of at least 4 members (excludes halogenated alkanes) is 1. The van der Waals surface area contributed by atoms with Crippen LogP contribution in [0.25, 0.3) is 0 Å². The fourth-order valence-corrected chi connectivity index (χ4v) is 2.87. The van der Waals surface area contributed by atoms with Crippen LogP contribution < -0.4 is 5.32 Å². The lowest BCUT2D eigenvalue weighted by molar-refractivity contribution is -0.129. The normalized spacial score (nSPS) is 23.9. The molecule has 2 aliphatic rings. The van der Waals surface area contributed by atoms with E-state index in [0.29, 0.717) is 6.42 Å². The van der Waals surface area contributed by atoms with Gasteiger partial charge < -0.3 is 10.2 Å². The quantitative estimate of drug-likeness (QED) is 0.755. The highest BCUT2D eigenvalue weighted by Gasteiger charge is 2.45. The fraction of sp³-hybridized carbons (Fsp3) is 0.929. The molecule has 0 radical (unpaired) electrons. The summed E-state index contributed by atoms with van der Waals surface area (Å²) in [5.41, 5.74) is 0. The Labute approximate surface area is 113 Å². The van der Waals surface area contributed by atoms with Crippen LogP contribution in [0.4, 0.5) is 8.78 Å². The first-order valence-electron chi connectivity index (χ1n) is 7.45. The summed E-state index contributed by atoms with van der Waals surface area (Å²) in [4.78, 5) is 14.0. The van der Waals surface area contributed by atoms with Crippen LogP contribution in [0.1, 0.15) is 51.4 Å². The molecule has 2 fully saturated rings. The van der Waals surface area contributed by atoms with E-state index in [2.05, 4.69) is 10.2 Å². The number of nitrogens with zero attached hydrogens (tertiary/aromatic N) is 1. The first kappa shape index (κ1) is 14.7. The van der Waals surface area contributed by atoms with Gasteiger partial charge in [0, 0.05) is 25.3 Å². The van der Waals surface area contributed by atoms with E-state index >= 15 is 0 Å². The number of carbonyl (C=O) groups excluding carboxylic acids is 1. The summed E-state index contributed by atoms with van der Waals surface area (Å²) in [5.74, 6) is -2.62. The van der Waals surface area contributed by atoms with E-state index in [4.69, 9.17) is 0 Å². The number of likely N-dealkylation sites (tertiary alicyclic amines) is 1. The second-order valence-electron chi connectivity index (χ2n) is 5.89. The molecule has 0 aromatic carbocycles. The van der Waals surface area contributed by atoms with Gasteiger partial charge in [-0.3, -0.25) is 4.79 Å². The van der Waals surface area contributed by atoms with Gasteiger partial charge >= 0.3 is 0 Å². The maximum Gasteiger partial charge on any atom is 0.252 e. The standard InChI is InChI=1S/C14H24F2N2O/c15-14(16)10-12(11-14)17-13(19)6-2-5-9-18-7-3-1-4-8-18/h12H,1-11H2,(H,17,19). The summed E-state index contributed by atoms with van der Waals surface area (Å²) in [6.45, 7) is 3.43. The van der Waals surface area contributed by atoms with Crippen LogP contribution in [0, 0.1) is 0 Å². The number of hydrogen-bond acceptors (Lipinski definition) is 2. The third-order valence-electron chi connectivity index (χ3n) is 4.03. The first-order chi connectivity index (χ1) is 9.05. The molecule has 0 aromatic rings. The molecular formula is C14H24F2N2O. The van der Waals surface area contributed by atoms with E-state index in [0.717, 1.165) is 19.4 Å². The third kappa shape index (κ3) is 5.05. The highest BCUT2D eigenvalue weighted by atomic mass is 19.3. The van der Waals surface area contributed by atoms with Gasteiger partial charge in [-0.05, 0) is 45.3 Å². The molecule has 1 aliphatic heterocycles. The molecule has 5 heteroatoms. The molecule has 2 rings (SSSR count). The predicted octanol–water partition coefficient (Wildman–Crippen LogP) is 2.56. The summed E-state index contributed by atoms with van der Waals surface area (Å²) >= 11 is 0. The van der Waals surface area contributed by atoms with Gasteiger partial charge in [0.2, 0.25) is 5.91 Å². The molecule has 0 spiro atoms. The molecule has 0 bridgehead atoms. The Balaban J connectivity index is 1.47. The molecule has 0 atom stereocenters. The number of amides is 1. The molecule has 1 saturated carbocycles. The van der Waals surface area contributed by atoms with Crippen molar-refractivity contribution in [1.29, 1.82) is 0 Å². The molecule has 1 N–H and O–H groups in total. The van der Waals surface area contributed by atoms with Crippen molar-refractivity contribution >= 4 is 5.91 Å². The number of hydrogen-bond donors (Lipinski definition) is 1. The molecule has 1 saturated heterocycles. The topological polar surface area (TPSA) is 32.3 Å². The Morgan fingerprint density at radius 1 is 1.16 bits per heavy atom. The van der Waals surface area contributed by atoms with Crippen molar-refractivity contribution in [2.24, 2.45) is 0 Å². The van der Waals surface area contributed by atoms with Crippen molar-refractivity contribution in [3.05, 3.63) is 0 Å². The van der Waals surface area contributed by atoms with Crippen LogP contribution in [0.3, 0.4) is 0 Å². The number of nitrogens with one attached hydrogen (secondary N) is 1. The van der Waals surface area contributed by atoms with Crippen LogP contribution in [-0.4, -0.2) is 42.4 Å². The van der Waals surface area contributed by atoms with E-state index in [1.807, 2.05) is 0 Å². The van der Waals surface area contributed by atoms with Crippen molar-refractivity contribution < 1.29 is 13.6 Å². The Morgan fingerprint density at radius 2 is 1.84 bits per heavy atom. The summed E-state index contributed by atoms with van der Waals surface area (Å²) in [5, 5.41) is 2.68. The monoisotopic (exact) mass is 274 g/mol. The van der Waals surface area contributed by atoms with Crippen LogP contribution in [-0.2, 0) is 4.79 Å². The second-order valence-corrected chi connectivity index (χ2v) is 5.89. The number of piperidine rings is 1. The Hall–Kier alpha value is -0.710. The van der Waals surface area contributed by atoms with Crippen LogP contribution in [0.15, 0.2) is 0 Å². The lowest BCUT2D eigenvalue weighted by atomic mass is 9.88. The van der Waals surface area contributed by atoms with Crippen molar-refractivity contribution in [2.75, 3.05) is 19.6 Å². The van der Waals surface area contributed by atoms with Gasteiger partial charge in [-0.15, -0.1) is 0 Å². The zero-order chi connectivity index (χ0) is 13.7. The molecule has 0 aromatic heterocycles. The molecule has 19 heavy (non-hydrogen) atoms. The van der Waals surface area contributed by atoms with E-state index in [-0.39, 0.29) is 24.8 Å². The summed E-state index contributed by atoms with van der Waals surface area (Å²) in [7, 11) is 0. The average molecular weight is 274 g/mol. The summed E-state index contributed by atoms with van der Waals surface area (Å²) < 4.78 is 25.2. The Bertz CT molecular complexity index is 296. The zero-order valence-corrected chi connectivity index (χ0v) is 11.5. The molecule has 1 aliphatic carbocycles. The molecular weight excluding hydrogens is 250 g/mol. The van der Waals surface area contributed by atoms with Gasteiger partial charge in [-0.25, -0.2) is 8.78 Å². The minimum absolute atomic E-state index is 0.0702. The Kier molecular flexibility index (Phi) is 5.13. The molecule has 0 unspecified atom stereocenters. The Morgan fingerprint density at radius 3 is 2.47 bits per heavy atom. The van der Waals surface area contributed by atoms with Crippen molar-refractivity contribution in [2.45, 2.75) is 63.3 Å². The molecule has 1 heterocycles. The van der Waals surface area contributed by atoms with Gasteiger partial charge in [0.05, 0.1) is 0 Å². The van der Waals surface area contributed by atoms with Crippen LogP contribution in [0.2, 0.25) is 0 Å². The number of alkyl halides is 2. The van der Waals surface area contributed by atoms with Crippen LogP contribution in [0.5, 0.6) is 0 Å². The predicted molar refractivity (Wildman–Crippen MR) is 70.3 cm³/mol. The lowest BCUT2D eigenvalue weighted by Gasteiger charge is -2.35. The minimum Gasteiger partial charge on any atom is -0.353 e. The van der Waals surface area contributed by atoms with Crippen molar-refractivity contribution in [1.82, 2.24) is 10.2 Å². The van der Waals surface area contributed by atoms with E-state index in [9.17, 15) is 13.6 Å². The van der Waals surface area contributed by atoms with Gasteiger partial charge in [0.15, 0.2) is 0 Å². The highest BCUT2D eigenvalue weighted by molar-refractivity contribution is 5.76. The number of rotatable bonds is 6. The SMILES string of the molecule is O=C(CCCCN1CCCCC1)NC1CC(F)(F)C1. The number of carbonyl (C=O) groups is 1. The molecule has 110 valence electrons. The zero-order valence-electron chi connectivity index (χ0n) is 11.5. The minimum atomic E-state index is -2.55. The largest absolute Gasteiger partial charge is 0.353 e. The molecule has 1 amide bonds. The lowest BCUT2D eigenvalue weighted by Crippen LogP contribution is -2.50. The van der Waals surface area contributed by atoms with Crippen molar-refractivity contribution in [3.63, 3.8) is 0 Å². The van der Waals surface area contributed by atoms with Crippen LogP contribution >= 0.6 is 0 Å². The maximum absolute atomic E-state index is 12.6. The highest BCUT2D eigenvalue weighted by Crippen LogP contribution is 2.37. The van der Waals surface area contributed by atoms with E-state index in [1.54, 1.807) is 0 Å². The maximum atomic E-state index is 12.6. The van der Waals surface area contributed by atoms with Gasteiger partial charge in [-0.1, -0.05) is 6.42 Å². The number of halogens is 2. The average Bonchev–Trinajstić information content (AvgIpc) is 2.34. The summed E-state index contributed by atoms with van der Waals surface area (Å²) in [6, 6.07) is -0.301. The molecule has 3 nitrogen and oxygen atoms in total. The summed E-state index contributed by atoms with van der Waals surface area (Å²) in [6.07, 6.45) is 5.88. The van der Waals surface area contributed by atoms with Crippen molar-refractivity contribution in [3.8, 4) is 0 Å². The van der Waals surface area contributed by atoms with Gasteiger partial charge in [0.1, 0.15) is 0 Å². The second kappa shape index (κ2) is 6.64. The van der Waals surface area contributed by atoms with E-state index in [1.165, 1.54) is 32.4 Å².